The number of carbonyl (C=O) groups is 2. The third-order valence-electron chi connectivity index (χ3n) is 4.88. The number of fused-ring (bicyclic) bond motifs is 1. The first-order valence-electron chi connectivity index (χ1n) is 9.19. The molecular formula is C23H19NO5S. The molecule has 0 atom stereocenters. The topological polar surface area (TPSA) is 76.1 Å². The van der Waals surface area contributed by atoms with Crippen molar-refractivity contribution in [2.45, 2.75) is 6.54 Å². The van der Waals surface area contributed by atoms with Crippen molar-refractivity contribution >= 4 is 39.8 Å². The molecule has 1 saturated heterocycles. The summed E-state index contributed by atoms with van der Waals surface area (Å²) in [6.45, 7) is 0.200. The van der Waals surface area contributed by atoms with Gasteiger partial charge in [-0.2, -0.15) is 0 Å². The first kappa shape index (κ1) is 19.8. The molecule has 7 heteroatoms. The molecular weight excluding hydrogens is 402 g/mol. The maximum absolute atomic E-state index is 12.9. The van der Waals surface area contributed by atoms with E-state index in [0.29, 0.717) is 10.5 Å². The van der Waals surface area contributed by atoms with Crippen LogP contribution in [-0.2, 0) is 11.3 Å². The summed E-state index contributed by atoms with van der Waals surface area (Å²) < 4.78 is 10.3. The minimum Gasteiger partial charge on any atom is -0.502 e. The van der Waals surface area contributed by atoms with Gasteiger partial charge in [-0.3, -0.25) is 14.5 Å². The van der Waals surface area contributed by atoms with Gasteiger partial charge in [-0.25, -0.2) is 0 Å². The Hall–Kier alpha value is -3.45. The zero-order valence-electron chi connectivity index (χ0n) is 16.4. The average Bonchev–Trinajstić information content (AvgIpc) is 3.02. The minimum absolute atomic E-state index is 0.124. The van der Waals surface area contributed by atoms with Crippen molar-refractivity contribution in [3.63, 3.8) is 0 Å². The van der Waals surface area contributed by atoms with Crippen LogP contribution < -0.4 is 9.47 Å². The Morgan fingerprint density at radius 3 is 2.37 bits per heavy atom. The molecule has 0 saturated carbocycles. The Kier molecular flexibility index (Phi) is 5.37. The highest BCUT2D eigenvalue weighted by atomic mass is 32.2. The van der Waals surface area contributed by atoms with Crippen LogP contribution in [0.1, 0.15) is 11.1 Å². The van der Waals surface area contributed by atoms with Gasteiger partial charge in [-0.15, -0.1) is 0 Å². The van der Waals surface area contributed by atoms with E-state index in [1.165, 1.54) is 19.1 Å². The van der Waals surface area contributed by atoms with E-state index in [2.05, 4.69) is 0 Å². The van der Waals surface area contributed by atoms with Crippen molar-refractivity contribution in [3.05, 3.63) is 70.6 Å². The predicted octanol–water partition coefficient (Wildman–Crippen LogP) is 4.80. The number of methoxy groups -OCH3 is 2. The fraction of sp³-hybridized carbons (Fsp3) is 0.130. The number of phenolic OH excluding ortho intramolecular Hbond substituents is 1. The lowest BCUT2D eigenvalue weighted by Crippen LogP contribution is -2.27. The summed E-state index contributed by atoms with van der Waals surface area (Å²) in [5.74, 6) is -0.0451. The summed E-state index contributed by atoms with van der Waals surface area (Å²) in [5, 5.41) is 11.8. The zero-order chi connectivity index (χ0) is 21.3. The van der Waals surface area contributed by atoms with Gasteiger partial charge < -0.3 is 14.6 Å². The summed E-state index contributed by atoms with van der Waals surface area (Å²) >= 11 is 0.887. The summed E-state index contributed by atoms with van der Waals surface area (Å²) in [6, 6.07) is 16.9. The van der Waals surface area contributed by atoms with Crippen LogP contribution in [0.3, 0.4) is 0 Å². The van der Waals surface area contributed by atoms with Gasteiger partial charge in [0.15, 0.2) is 11.5 Å². The van der Waals surface area contributed by atoms with Crippen molar-refractivity contribution < 1.29 is 24.2 Å². The smallest absolute Gasteiger partial charge is 0.293 e. The van der Waals surface area contributed by atoms with Gasteiger partial charge in [0.05, 0.1) is 25.7 Å². The number of hydrogen-bond acceptors (Lipinski definition) is 6. The van der Waals surface area contributed by atoms with E-state index >= 15 is 0 Å². The first-order valence-corrected chi connectivity index (χ1v) is 10.0. The molecule has 3 aromatic carbocycles. The second-order valence-corrected chi connectivity index (χ2v) is 7.67. The van der Waals surface area contributed by atoms with E-state index in [1.54, 1.807) is 18.2 Å². The van der Waals surface area contributed by atoms with Gasteiger partial charge in [0.2, 0.25) is 5.75 Å². The predicted molar refractivity (Wildman–Crippen MR) is 117 cm³/mol. The molecule has 0 bridgehead atoms. The van der Waals surface area contributed by atoms with Crippen LogP contribution in [0.4, 0.5) is 4.79 Å². The maximum Gasteiger partial charge on any atom is 0.293 e. The Labute approximate surface area is 177 Å². The Morgan fingerprint density at radius 2 is 1.67 bits per heavy atom. The number of ether oxygens (including phenoxy) is 2. The number of imide groups is 1. The molecule has 0 aliphatic carbocycles. The van der Waals surface area contributed by atoms with E-state index in [0.717, 1.165) is 28.1 Å². The molecule has 4 rings (SSSR count). The lowest BCUT2D eigenvalue weighted by Gasteiger charge is -2.14. The molecule has 1 heterocycles. The number of aromatic hydroxyl groups is 1. The number of rotatable bonds is 5. The van der Waals surface area contributed by atoms with Crippen LogP contribution in [0.5, 0.6) is 17.2 Å². The van der Waals surface area contributed by atoms with E-state index in [1.807, 2.05) is 42.5 Å². The fourth-order valence-corrected chi connectivity index (χ4v) is 4.22. The van der Waals surface area contributed by atoms with Gasteiger partial charge >= 0.3 is 0 Å². The number of benzene rings is 3. The summed E-state index contributed by atoms with van der Waals surface area (Å²) in [6.07, 6.45) is 1.60. The average molecular weight is 421 g/mol. The molecule has 1 fully saturated rings. The normalized spacial score (nSPS) is 15.3. The van der Waals surface area contributed by atoms with Gasteiger partial charge in [0.1, 0.15) is 0 Å². The maximum atomic E-state index is 12.9. The van der Waals surface area contributed by atoms with Gasteiger partial charge in [0, 0.05) is 0 Å². The highest BCUT2D eigenvalue weighted by Crippen LogP contribution is 2.39. The lowest BCUT2D eigenvalue weighted by atomic mass is 10.0. The number of carbonyl (C=O) groups excluding carboxylic acids is 2. The van der Waals surface area contributed by atoms with Crippen molar-refractivity contribution in [2.24, 2.45) is 0 Å². The summed E-state index contributed by atoms with van der Waals surface area (Å²) in [5.41, 5.74) is 1.49. The van der Waals surface area contributed by atoms with E-state index in [9.17, 15) is 14.7 Å². The molecule has 0 aromatic heterocycles. The van der Waals surface area contributed by atoms with Crippen LogP contribution in [0, 0.1) is 0 Å². The highest BCUT2D eigenvalue weighted by molar-refractivity contribution is 8.18. The first-order chi connectivity index (χ1) is 14.5. The van der Waals surface area contributed by atoms with E-state index in [4.69, 9.17) is 9.47 Å². The number of nitrogens with zero attached hydrogens (tertiary/aromatic N) is 1. The van der Waals surface area contributed by atoms with Crippen LogP contribution in [-0.4, -0.2) is 35.4 Å². The number of phenols is 1. The lowest BCUT2D eigenvalue weighted by molar-refractivity contribution is -0.123. The summed E-state index contributed by atoms with van der Waals surface area (Å²) in [7, 11) is 2.85. The quantitative estimate of drug-likeness (QED) is 0.597. The molecule has 0 spiro atoms. The van der Waals surface area contributed by atoms with Crippen LogP contribution in [0.25, 0.3) is 16.8 Å². The molecule has 3 aromatic rings. The number of thioether (sulfide) groups is 1. The molecule has 6 nitrogen and oxygen atoms in total. The molecule has 1 N–H and O–H groups in total. The van der Waals surface area contributed by atoms with Crippen LogP contribution in [0.2, 0.25) is 0 Å². The monoisotopic (exact) mass is 421 g/mol. The molecule has 152 valence electrons. The van der Waals surface area contributed by atoms with Gasteiger partial charge in [-0.05, 0) is 51.9 Å². The van der Waals surface area contributed by atoms with Gasteiger partial charge in [0.25, 0.3) is 11.1 Å². The van der Waals surface area contributed by atoms with Crippen molar-refractivity contribution in [2.75, 3.05) is 14.2 Å². The largest absolute Gasteiger partial charge is 0.502 e. The third kappa shape index (κ3) is 3.59. The fourth-order valence-electron chi connectivity index (χ4n) is 3.39. The van der Waals surface area contributed by atoms with Crippen molar-refractivity contribution in [3.8, 4) is 17.2 Å². The Balaban J connectivity index is 1.65. The number of amides is 2. The summed E-state index contributed by atoms with van der Waals surface area (Å²) in [4.78, 5) is 27.0. The molecule has 30 heavy (non-hydrogen) atoms. The van der Waals surface area contributed by atoms with Gasteiger partial charge in [-0.1, -0.05) is 42.5 Å². The standard InChI is InChI=1S/C23H19NO5S/c1-28-18-10-14(11-19(29-2)21(18)25)12-20-22(26)24(23(27)30-20)13-16-8-5-7-15-6-3-4-9-17(15)16/h3-12,25H,13H2,1-2H3/b20-12-. The molecule has 1 aliphatic rings. The molecule has 2 amide bonds. The molecule has 1 aliphatic heterocycles. The zero-order valence-corrected chi connectivity index (χ0v) is 17.2. The Bertz CT molecular complexity index is 1160. The molecule has 0 unspecified atom stereocenters. The SMILES string of the molecule is COc1cc(/C=C2\SC(=O)N(Cc3cccc4ccccc34)C2=O)cc(OC)c1O. The van der Waals surface area contributed by atoms with Crippen LogP contribution >= 0.6 is 11.8 Å². The highest BCUT2D eigenvalue weighted by Gasteiger charge is 2.35. The minimum atomic E-state index is -0.357. The second kappa shape index (κ2) is 8.12. The third-order valence-corrected chi connectivity index (χ3v) is 5.79. The molecule has 0 radical (unpaired) electrons. The van der Waals surface area contributed by atoms with E-state index < -0.39 is 0 Å². The Morgan fingerprint density at radius 1 is 1.00 bits per heavy atom. The van der Waals surface area contributed by atoms with Crippen molar-refractivity contribution in [1.29, 1.82) is 0 Å². The second-order valence-electron chi connectivity index (χ2n) is 6.68. The number of hydrogen-bond donors (Lipinski definition) is 1. The van der Waals surface area contributed by atoms with E-state index in [-0.39, 0.29) is 34.9 Å². The van der Waals surface area contributed by atoms with Crippen molar-refractivity contribution in [1.82, 2.24) is 4.90 Å². The van der Waals surface area contributed by atoms with Crippen LogP contribution in [0.15, 0.2) is 59.5 Å².